The van der Waals surface area contributed by atoms with Crippen molar-refractivity contribution in [2.24, 2.45) is 5.41 Å². The number of hydrazine groups is 1. The van der Waals surface area contributed by atoms with Gasteiger partial charge in [-0.15, -0.1) is 0 Å². The third-order valence-electron chi connectivity index (χ3n) is 6.82. The Morgan fingerprint density at radius 3 is 2.48 bits per heavy atom. The number of halogens is 1. The topological polar surface area (TPSA) is 85.4 Å². The van der Waals surface area contributed by atoms with E-state index in [1.807, 2.05) is 20.0 Å². The van der Waals surface area contributed by atoms with Crippen LogP contribution in [0.25, 0.3) is 0 Å². The lowest BCUT2D eigenvalue weighted by Gasteiger charge is -2.34. The van der Waals surface area contributed by atoms with E-state index < -0.39 is 5.97 Å². The number of ether oxygens (including phenoxy) is 1. The molecule has 0 radical (unpaired) electrons. The van der Waals surface area contributed by atoms with Crippen molar-refractivity contribution in [3.8, 4) is 0 Å². The van der Waals surface area contributed by atoms with Crippen LogP contribution in [0.4, 0.5) is 9.18 Å². The standard InChI is InChI=1S/C24H41FN4O2.C9H12O2/c1-7-13-28(15-12-21-17-27(6)23(30)31-21)14-11-19-16-20(25)9-8-10-22(19)29(26-5)18-24(2,3)4;1-4-7(2)5-6-8(3)9(10)11/h8-9,16,21,26H,7,10-15,17-18H2,1-6H3;4-6H,1H2,2-3H3,(H,10,11)/b;7-5-,8-6+. The van der Waals surface area contributed by atoms with Crippen molar-refractivity contribution < 1.29 is 23.8 Å². The molecule has 42 heavy (non-hydrogen) atoms. The Morgan fingerprint density at radius 2 is 1.95 bits per heavy atom. The first-order valence-corrected chi connectivity index (χ1v) is 14.8. The highest BCUT2D eigenvalue weighted by molar-refractivity contribution is 5.86. The van der Waals surface area contributed by atoms with Gasteiger partial charge < -0.3 is 24.7 Å². The SMILES string of the molecule is C=C/C(C)=C\C=C(/C)C(=O)O.CCCN(CCC1=C(N(CC(C)(C)C)NC)CC=CC(F)=C1)CCC1CN(C)C(=O)O1. The zero-order valence-corrected chi connectivity index (χ0v) is 27.0. The average molecular weight is 589 g/mol. The maximum absolute atomic E-state index is 14.3. The summed E-state index contributed by atoms with van der Waals surface area (Å²) in [5, 5.41) is 10.6. The normalized spacial score (nSPS) is 18.0. The van der Waals surface area contributed by atoms with Crippen LogP contribution in [0, 0.1) is 5.41 Å². The van der Waals surface area contributed by atoms with Crippen LogP contribution in [-0.2, 0) is 9.53 Å². The van der Waals surface area contributed by atoms with Crippen molar-refractivity contribution in [2.75, 3.05) is 46.8 Å². The smallest absolute Gasteiger partial charge is 0.409 e. The van der Waals surface area contributed by atoms with Crippen LogP contribution in [0.1, 0.15) is 67.2 Å². The Balaban J connectivity index is 0.000000679. The third kappa shape index (κ3) is 14.1. The number of hydrogen-bond donors (Lipinski definition) is 2. The number of cyclic esters (lactones) is 1. The lowest BCUT2D eigenvalue weighted by molar-refractivity contribution is -0.132. The van der Waals surface area contributed by atoms with Crippen molar-refractivity contribution in [1.29, 1.82) is 0 Å². The van der Waals surface area contributed by atoms with E-state index in [0.29, 0.717) is 18.5 Å². The highest BCUT2D eigenvalue weighted by atomic mass is 19.1. The largest absolute Gasteiger partial charge is 0.478 e. The van der Waals surface area contributed by atoms with Gasteiger partial charge in [0, 0.05) is 51.4 Å². The van der Waals surface area contributed by atoms with Crippen LogP contribution in [0.15, 0.2) is 71.3 Å². The number of carbonyl (C=O) groups is 2. The lowest BCUT2D eigenvalue weighted by Crippen LogP contribution is -2.41. The molecule has 8 nitrogen and oxygen atoms in total. The first-order chi connectivity index (χ1) is 19.7. The van der Waals surface area contributed by atoms with E-state index in [0.717, 1.165) is 62.3 Å². The second-order valence-electron chi connectivity index (χ2n) is 12.0. The van der Waals surface area contributed by atoms with Crippen LogP contribution in [0.5, 0.6) is 0 Å². The van der Waals surface area contributed by atoms with Crippen molar-refractivity contribution in [3.05, 3.63) is 71.3 Å². The highest BCUT2D eigenvalue weighted by Gasteiger charge is 2.28. The minimum absolute atomic E-state index is 0.0439. The summed E-state index contributed by atoms with van der Waals surface area (Å²) in [7, 11) is 3.70. The number of carbonyl (C=O) groups excluding carboxylic acids is 1. The number of nitrogens with one attached hydrogen (secondary N) is 1. The molecule has 1 fully saturated rings. The second-order valence-corrected chi connectivity index (χ2v) is 12.0. The molecule has 9 heteroatoms. The lowest BCUT2D eigenvalue weighted by atomic mass is 9.95. The summed E-state index contributed by atoms with van der Waals surface area (Å²) in [6, 6.07) is 0. The summed E-state index contributed by atoms with van der Waals surface area (Å²) in [6.07, 6.45) is 13.2. The molecule has 2 rings (SSSR count). The van der Waals surface area contributed by atoms with Crippen molar-refractivity contribution >= 4 is 12.1 Å². The van der Waals surface area contributed by atoms with Gasteiger partial charge in [-0.3, -0.25) is 0 Å². The number of carboxylic acid groups (broad SMARTS) is 1. The molecular weight excluding hydrogens is 535 g/mol. The molecule has 1 saturated heterocycles. The zero-order chi connectivity index (χ0) is 31.9. The summed E-state index contributed by atoms with van der Waals surface area (Å²) in [5.41, 5.74) is 6.86. The summed E-state index contributed by atoms with van der Waals surface area (Å²) >= 11 is 0. The Kier molecular flexibility index (Phi) is 16.1. The van der Waals surface area contributed by atoms with E-state index in [9.17, 15) is 14.0 Å². The van der Waals surface area contributed by atoms with Crippen LogP contribution in [0.3, 0.4) is 0 Å². The van der Waals surface area contributed by atoms with Gasteiger partial charge in [-0.2, -0.15) is 0 Å². The fourth-order valence-electron chi connectivity index (χ4n) is 4.45. The Labute approximate surface area is 252 Å². The average Bonchev–Trinajstić information content (AvgIpc) is 3.12. The minimum Gasteiger partial charge on any atom is -0.478 e. The fourth-order valence-corrected chi connectivity index (χ4v) is 4.45. The number of carboxylic acids is 1. The maximum Gasteiger partial charge on any atom is 0.409 e. The van der Waals surface area contributed by atoms with Gasteiger partial charge in [0.1, 0.15) is 11.9 Å². The van der Waals surface area contributed by atoms with Gasteiger partial charge in [0.05, 0.1) is 6.54 Å². The third-order valence-corrected chi connectivity index (χ3v) is 6.82. The number of aliphatic carboxylic acids is 1. The molecule has 1 aliphatic heterocycles. The predicted octanol–water partition coefficient (Wildman–Crippen LogP) is 6.63. The molecule has 1 unspecified atom stereocenters. The van der Waals surface area contributed by atoms with Gasteiger partial charge >= 0.3 is 12.1 Å². The molecule has 0 aromatic carbocycles. The molecule has 2 aliphatic rings. The molecule has 0 aromatic heterocycles. The number of hydrogen-bond acceptors (Lipinski definition) is 6. The van der Waals surface area contributed by atoms with E-state index in [2.05, 4.69) is 49.6 Å². The second kappa shape index (κ2) is 18.4. The van der Waals surface area contributed by atoms with Gasteiger partial charge in [0.15, 0.2) is 0 Å². The van der Waals surface area contributed by atoms with E-state index >= 15 is 0 Å². The fraction of sp³-hybridized carbons (Fsp3) is 0.576. The van der Waals surface area contributed by atoms with Crippen LogP contribution < -0.4 is 5.43 Å². The molecule has 236 valence electrons. The summed E-state index contributed by atoms with van der Waals surface area (Å²) in [4.78, 5) is 25.9. The van der Waals surface area contributed by atoms with E-state index in [1.165, 1.54) is 0 Å². The molecule has 0 saturated carbocycles. The molecule has 0 spiro atoms. The van der Waals surface area contributed by atoms with Crippen molar-refractivity contribution in [2.45, 2.75) is 73.3 Å². The van der Waals surface area contributed by atoms with Crippen LogP contribution >= 0.6 is 0 Å². The summed E-state index contributed by atoms with van der Waals surface area (Å²) in [6.45, 7) is 19.9. The number of likely N-dealkylation sites (N-methyl/N-ethyl adjacent to an activating group) is 1. The van der Waals surface area contributed by atoms with Gasteiger partial charge in [-0.05, 0) is 62.8 Å². The van der Waals surface area contributed by atoms with Crippen molar-refractivity contribution in [1.82, 2.24) is 20.2 Å². The predicted molar refractivity (Wildman–Crippen MR) is 169 cm³/mol. The Bertz CT molecular complexity index is 1070. The first-order valence-electron chi connectivity index (χ1n) is 14.8. The molecule has 1 amide bonds. The van der Waals surface area contributed by atoms with E-state index in [4.69, 9.17) is 9.84 Å². The maximum atomic E-state index is 14.3. The summed E-state index contributed by atoms with van der Waals surface area (Å²) < 4.78 is 19.7. The number of allylic oxidation sites excluding steroid dienone is 8. The molecule has 0 bridgehead atoms. The molecule has 1 aliphatic carbocycles. The van der Waals surface area contributed by atoms with Gasteiger partial charge in [-0.1, -0.05) is 64.2 Å². The Morgan fingerprint density at radius 1 is 1.26 bits per heavy atom. The van der Waals surface area contributed by atoms with Crippen molar-refractivity contribution in [3.63, 3.8) is 0 Å². The molecule has 2 N–H and O–H groups in total. The zero-order valence-electron chi connectivity index (χ0n) is 27.0. The summed E-state index contributed by atoms with van der Waals surface area (Å²) in [5.74, 6) is -1.09. The highest BCUT2D eigenvalue weighted by Crippen LogP contribution is 2.27. The quantitative estimate of drug-likeness (QED) is 0.134. The number of amides is 1. The van der Waals surface area contributed by atoms with E-state index in [1.54, 1.807) is 49.3 Å². The van der Waals surface area contributed by atoms with E-state index in [-0.39, 0.29) is 23.4 Å². The van der Waals surface area contributed by atoms with Gasteiger partial charge in [0.2, 0.25) is 0 Å². The molecular formula is C33H53FN4O4. The van der Waals surface area contributed by atoms with Crippen LogP contribution in [0.2, 0.25) is 0 Å². The molecule has 0 aromatic rings. The Hall–Kier alpha value is -3.17. The monoisotopic (exact) mass is 588 g/mol. The van der Waals surface area contributed by atoms with Gasteiger partial charge in [-0.25, -0.2) is 19.4 Å². The number of nitrogens with zero attached hydrogens (tertiary/aromatic N) is 3. The molecule has 1 atom stereocenters. The minimum atomic E-state index is -0.891. The molecule has 1 heterocycles. The first kappa shape index (κ1) is 36.9. The van der Waals surface area contributed by atoms with Gasteiger partial charge in [0.25, 0.3) is 0 Å². The van der Waals surface area contributed by atoms with Crippen LogP contribution in [-0.4, -0.2) is 84.9 Å². The number of rotatable bonds is 14.